The lowest BCUT2D eigenvalue weighted by molar-refractivity contribution is -0.129. The van der Waals surface area contributed by atoms with Crippen molar-refractivity contribution in [2.45, 2.75) is 30.2 Å². The Morgan fingerprint density at radius 1 is 1.18 bits per heavy atom. The molecule has 1 fully saturated rings. The summed E-state index contributed by atoms with van der Waals surface area (Å²) in [5, 5.41) is 11.3. The van der Waals surface area contributed by atoms with E-state index in [1.54, 1.807) is 18.4 Å². The van der Waals surface area contributed by atoms with Crippen molar-refractivity contribution in [2.24, 2.45) is 0 Å². The van der Waals surface area contributed by atoms with Crippen LogP contribution < -0.4 is 4.74 Å². The first-order chi connectivity index (χ1) is 13.7. The minimum atomic E-state index is -0.230. The number of ether oxygens (including phenoxy) is 1. The zero-order valence-electron chi connectivity index (χ0n) is 15.9. The van der Waals surface area contributed by atoms with Crippen LogP contribution in [0.3, 0.4) is 0 Å². The maximum absolute atomic E-state index is 12.8. The summed E-state index contributed by atoms with van der Waals surface area (Å²) in [7, 11) is 1.65. The Hall–Kier alpha value is -2.32. The number of rotatable bonds is 6. The monoisotopic (exact) mass is 414 g/mol. The number of thioether (sulfide) groups is 1. The SMILES string of the molecule is COc1ccccc1-n1c(SC(C)C(=O)N2CCCC2)nnc1-c1cccs1. The van der Waals surface area contributed by atoms with E-state index >= 15 is 0 Å². The highest BCUT2D eigenvalue weighted by Crippen LogP contribution is 2.35. The van der Waals surface area contributed by atoms with Crippen LogP contribution in [-0.4, -0.2) is 51.0 Å². The maximum Gasteiger partial charge on any atom is 0.235 e. The molecule has 1 amide bonds. The normalized spacial score (nSPS) is 15.0. The second kappa shape index (κ2) is 8.36. The number of aromatic nitrogens is 3. The summed E-state index contributed by atoms with van der Waals surface area (Å²) in [6.07, 6.45) is 2.17. The Morgan fingerprint density at radius 3 is 2.68 bits per heavy atom. The minimum absolute atomic E-state index is 0.162. The molecule has 0 radical (unpaired) electrons. The standard InChI is InChI=1S/C20H22N4O2S2/c1-14(19(25)23-11-5-6-12-23)28-20-22-21-18(17-10-7-13-27-17)24(20)15-8-3-4-9-16(15)26-2/h3-4,7-10,13-14H,5-6,11-12H2,1-2H3. The van der Waals surface area contributed by atoms with E-state index in [1.165, 1.54) is 11.8 Å². The Kier molecular flexibility index (Phi) is 5.68. The highest BCUT2D eigenvalue weighted by Gasteiger charge is 2.27. The molecule has 0 saturated carbocycles. The van der Waals surface area contributed by atoms with Gasteiger partial charge >= 0.3 is 0 Å². The van der Waals surface area contributed by atoms with Gasteiger partial charge in [0.15, 0.2) is 11.0 Å². The summed E-state index contributed by atoms with van der Waals surface area (Å²) >= 11 is 3.05. The van der Waals surface area contributed by atoms with Gasteiger partial charge in [-0.15, -0.1) is 21.5 Å². The van der Waals surface area contributed by atoms with Crippen molar-refractivity contribution in [2.75, 3.05) is 20.2 Å². The Morgan fingerprint density at radius 2 is 1.96 bits per heavy atom. The maximum atomic E-state index is 12.8. The molecule has 1 saturated heterocycles. The van der Waals surface area contributed by atoms with Gasteiger partial charge in [-0.3, -0.25) is 9.36 Å². The summed E-state index contributed by atoms with van der Waals surface area (Å²) in [4.78, 5) is 15.7. The van der Waals surface area contributed by atoms with Crippen LogP contribution in [0, 0.1) is 0 Å². The third kappa shape index (κ3) is 3.66. The van der Waals surface area contributed by atoms with Crippen molar-refractivity contribution in [1.82, 2.24) is 19.7 Å². The molecule has 0 aliphatic carbocycles. The molecule has 1 unspecified atom stereocenters. The van der Waals surface area contributed by atoms with Gasteiger partial charge in [-0.2, -0.15) is 0 Å². The molecule has 8 heteroatoms. The molecule has 1 atom stereocenters. The number of hydrogen-bond acceptors (Lipinski definition) is 6. The van der Waals surface area contributed by atoms with Gasteiger partial charge < -0.3 is 9.64 Å². The molecule has 4 rings (SSSR count). The molecule has 146 valence electrons. The Balaban J connectivity index is 1.72. The smallest absolute Gasteiger partial charge is 0.235 e. The van der Waals surface area contributed by atoms with Crippen molar-refractivity contribution in [3.05, 3.63) is 41.8 Å². The van der Waals surface area contributed by atoms with E-state index in [1.807, 2.05) is 58.2 Å². The third-order valence-electron chi connectivity index (χ3n) is 4.75. The molecular formula is C20H22N4O2S2. The van der Waals surface area contributed by atoms with Crippen LogP contribution in [0.1, 0.15) is 19.8 Å². The fourth-order valence-electron chi connectivity index (χ4n) is 3.35. The fraction of sp³-hybridized carbons (Fsp3) is 0.350. The highest BCUT2D eigenvalue weighted by atomic mass is 32.2. The quantitative estimate of drug-likeness (QED) is 0.568. The van der Waals surface area contributed by atoms with E-state index in [9.17, 15) is 4.79 Å². The molecule has 28 heavy (non-hydrogen) atoms. The first kappa shape index (κ1) is 19.0. The molecule has 0 bridgehead atoms. The highest BCUT2D eigenvalue weighted by molar-refractivity contribution is 8.00. The van der Waals surface area contributed by atoms with Gasteiger partial charge in [-0.1, -0.05) is 30.0 Å². The number of methoxy groups -OCH3 is 1. The number of benzene rings is 1. The number of thiophene rings is 1. The topological polar surface area (TPSA) is 60.2 Å². The van der Waals surface area contributed by atoms with Crippen molar-refractivity contribution < 1.29 is 9.53 Å². The van der Waals surface area contributed by atoms with Gasteiger partial charge in [-0.25, -0.2) is 0 Å². The van der Waals surface area contributed by atoms with Crippen LogP contribution in [0.15, 0.2) is 46.9 Å². The van der Waals surface area contributed by atoms with E-state index in [-0.39, 0.29) is 11.2 Å². The van der Waals surface area contributed by atoms with Crippen molar-refractivity contribution in [3.63, 3.8) is 0 Å². The van der Waals surface area contributed by atoms with E-state index < -0.39 is 0 Å². The molecular weight excluding hydrogens is 392 g/mol. The predicted molar refractivity (Wildman–Crippen MR) is 112 cm³/mol. The number of hydrogen-bond donors (Lipinski definition) is 0. The van der Waals surface area contributed by atoms with Gasteiger partial charge in [0.05, 0.1) is 22.9 Å². The van der Waals surface area contributed by atoms with Gasteiger partial charge in [-0.05, 0) is 43.3 Å². The van der Waals surface area contributed by atoms with Gasteiger partial charge in [0.1, 0.15) is 5.75 Å². The van der Waals surface area contributed by atoms with Crippen LogP contribution in [0.2, 0.25) is 0 Å². The summed E-state index contributed by atoms with van der Waals surface area (Å²) in [5.74, 6) is 1.65. The molecule has 0 N–H and O–H groups in total. The van der Waals surface area contributed by atoms with Crippen LogP contribution in [0.4, 0.5) is 0 Å². The summed E-state index contributed by atoms with van der Waals surface area (Å²) in [5.41, 5.74) is 0.863. The summed E-state index contributed by atoms with van der Waals surface area (Å²) < 4.78 is 7.56. The van der Waals surface area contributed by atoms with Crippen molar-refractivity contribution in [1.29, 1.82) is 0 Å². The second-order valence-electron chi connectivity index (χ2n) is 6.58. The van der Waals surface area contributed by atoms with Crippen molar-refractivity contribution >= 4 is 29.0 Å². The van der Waals surface area contributed by atoms with Gasteiger partial charge in [0, 0.05) is 13.1 Å². The van der Waals surface area contributed by atoms with E-state index in [2.05, 4.69) is 10.2 Å². The lowest BCUT2D eigenvalue weighted by atomic mass is 10.3. The molecule has 1 aromatic carbocycles. The number of amides is 1. The second-order valence-corrected chi connectivity index (χ2v) is 8.84. The van der Waals surface area contributed by atoms with Gasteiger partial charge in [0.25, 0.3) is 0 Å². The minimum Gasteiger partial charge on any atom is -0.495 e. The third-order valence-corrected chi connectivity index (χ3v) is 6.64. The number of nitrogens with zero attached hydrogens (tertiary/aromatic N) is 4. The number of likely N-dealkylation sites (tertiary alicyclic amines) is 1. The fourth-order valence-corrected chi connectivity index (χ4v) is 4.99. The zero-order chi connectivity index (χ0) is 19.5. The average molecular weight is 415 g/mol. The summed E-state index contributed by atoms with van der Waals surface area (Å²) in [6, 6.07) is 11.8. The van der Waals surface area contributed by atoms with Gasteiger partial charge in [0.2, 0.25) is 5.91 Å². The van der Waals surface area contributed by atoms with Crippen LogP contribution in [0.25, 0.3) is 16.4 Å². The number of carbonyl (C=O) groups is 1. The molecule has 3 aromatic rings. The number of carbonyl (C=O) groups excluding carboxylic acids is 1. The predicted octanol–water partition coefficient (Wildman–Crippen LogP) is 4.11. The first-order valence-electron chi connectivity index (χ1n) is 9.27. The zero-order valence-corrected chi connectivity index (χ0v) is 17.5. The molecule has 1 aliphatic rings. The van der Waals surface area contributed by atoms with E-state index in [4.69, 9.17) is 4.74 Å². The lowest BCUT2D eigenvalue weighted by Gasteiger charge is -2.20. The number of para-hydroxylation sites is 2. The molecule has 1 aliphatic heterocycles. The molecule has 0 spiro atoms. The largest absolute Gasteiger partial charge is 0.495 e. The van der Waals surface area contributed by atoms with Crippen molar-refractivity contribution in [3.8, 4) is 22.1 Å². The summed E-state index contributed by atoms with van der Waals surface area (Å²) in [6.45, 7) is 3.64. The average Bonchev–Trinajstić information content (AvgIpc) is 3.48. The molecule has 6 nitrogen and oxygen atoms in total. The Bertz CT molecular complexity index is 949. The first-order valence-corrected chi connectivity index (χ1v) is 11.0. The van der Waals surface area contributed by atoms with Crippen LogP contribution >= 0.6 is 23.1 Å². The van der Waals surface area contributed by atoms with E-state index in [0.717, 1.165) is 48.1 Å². The van der Waals surface area contributed by atoms with E-state index in [0.29, 0.717) is 5.16 Å². The molecule has 2 aromatic heterocycles. The lowest BCUT2D eigenvalue weighted by Crippen LogP contribution is -2.34. The Labute approximate surface area is 172 Å². The van der Waals surface area contributed by atoms with Crippen LogP contribution in [-0.2, 0) is 4.79 Å². The molecule has 3 heterocycles. The van der Waals surface area contributed by atoms with Crippen LogP contribution in [0.5, 0.6) is 5.75 Å².